The van der Waals surface area contributed by atoms with Crippen LogP contribution in [-0.4, -0.2) is 48.0 Å². The summed E-state index contributed by atoms with van der Waals surface area (Å²) in [6.45, 7) is 2.95. The highest BCUT2D eigenvalue weighted by Crippen LogP contribution is 2.23. The van der Waals surface area contributed by atoms with Crippen LogP contribution in [-0.2, 0) is 16.1 Å². The number of nitrogens with zero attached hydrogens (tertiary/aromatic N) is 3. The van der Waals surface area contributed by atoms with Crippen molar-refractivity contribution in [1.82, 2.24) is 10.2 Å². The lowest BCUT2D eigenvalue weighted by Crippen LogP contribution is -2.39. The van der Waals surface area contributed by atoms with E-state index in [-0.39, 0.29) is 24.3 Å². The van der Waals surface area contributed by atoms with Crippen LogP contribution in [0.2, 0.25) is 0 Å². The van der Waals surface area contributed by atoms with E-state index in [0.717, 1.165) is 11.3 Å². The topological polar surface area (TPSA) is 91.3 Å². The van der Waals surface area contributed by atoms with Gasteiger partial charge in [-0.1, -0.05) is 18.2 Å². The minimum atomic E-state index is -0.243. The Morgan fingerprint density at radius 3 is 2.60 bits per heavy atom. The fourth-order valence-corrected chi connectivity index (χ4v) is 3.42. The Morgan fingerprint density at radius 2 is 1.87 bits per heavy atom. The maximum Gasteiger partial charge on any atom is 0.260 e. The first-order valence-electron chi connectivity index (χ1n) is 9.75. The standard InChI is InChI=1S/C22H22N4O4/c1-15-12-20(27)26(24-15)18-8-6-16(7-9-18)22(29)23-10-11-25-13-17-4-2-3-5-19(17)30-14-21(25)28/h2-9H,10-14H2,1H3,(H,23,29). The molecule has 1 N–H and O–H groups in total. The highest BCUT2D eigenvalue weighted by molar-refractivity contribution is 6.12. The van der Waals surface area contributed by atoms with Crippen molar-refractivity contribution in [2.24, 2.45) is 5.10 Å². The van der Waals surface area contributed by atoms with Gasteiger partial charge in [-0.25, -0.2) is 5.01 Å². The second-order valence-corrected chi connectivity index (χ2v) is 7.23. The molecule has 8 heteroatoms. The molecule has 2 aromatic carbocycles. The number of fused-ring (bicyclic) bond motifs is 1. The van der Waals surface area contributed by atoms with E-state index in [1.165, 1.54) is 5.01 Å². The Bertz CT molecular complexity index is 1020. The Morgan fingerprint density at radius 1 is 1.10 bits per heavy atom. The smallest absolute Gasteiger partial charge is 0.260 e. The van der Waals surface area contributed by atoms with Crippen LogP contribution in [0.1, 0.15) is 29.3 Å². The Balaban J connectivity index is 1.32. The van der Waals surface area contributed by atoms with E-state index in [1.807, 2.05) is 24.3 Å². The summed E-state index contributed by atoms with van der Waals surface area (Å²) < 4.78 is 5.54. The van der Waals surface area contributed by atoms with Crippen LogP contribution in [0.4, 0.5) is 5.69 Å². The molecule has 4 rings (SSSR count). The molecule has 0 saturated heterocycles. The van der Waals surface area contributed by atoms with E-state index >= 15 is 0 Å². The molecule has 0 unspecified atom stereocenters. The van der Waals surface area contributed by atoms with E-state index in [4.69, 9.17) is 4.74 Å². The maximum absolute atomic E-state index is 12.4. The molecule has 2 aliphatic heterocycles. The summed E-state index contributed by atoms with van der Waals surface area (Å²) in [6, 6.07) is 14.3. The summed E-state index contributed by atoms with van der Waals surface area (Å²) in [5.74, 6) is 0.273. The normalized spacial score (nSPS) is 16.0. The summed E-state index contributed by atoms with van der Waals surface area (Å²) >= 11 is 0. The number of anilines is 1. The SMILES string of the molecule is CC1=NN(c2ccc(C(=O)NCCN3Cc4ccccc4OCC3=O)cc2)C(=O)C1. The molecule has 8 nitrogen and oxygen atoms in total. The largest absolute Gasteiger partial charge is 0.483 e. The predicted molar refractivity (Wildman–Crippen MR) is 111 cm³/mol. The third kappa shape index (κ3) is 4.17. The van der Waals surface area contributed by atoms with Gasteiger partial charge in [-0.15, -0.1) is 0 Å². The molecule has 0 aromatic heterocycles. The second-order valence-electron chi connectivity index (χ2n) is 7.23. The minimum absolute atomic E-state index is 0.0103. The van der Waals surface area contributed by atoms with Gasteiger partial charge in [-0.05, 0) is 37.3 Å². The molecular formula is C22H22N4O4. The Hall–Kier alpha value is -3.68. The van der Waals surface area contributed by atoms with E-state index in [0.29, 0.717) is 43.1 Å². The zero-order valence-corrected chi connectivity index (χ0v) is 16.6. The molecule has 0 fully saturated rings. The summed E-state index contributed by atoms with van der Waals surface area (Å²) in [7, 11) is 0. The predicted octanol–water partition coefficient (Wildman–Crippen LogP) is 1.95. The van der Waals surface area contributed by atoms with E-state index in [2.05, 4.69) is 10.4 Å². The number of hydrogen-bond donors (Lipinski definition) is 1. The molecule has 0 saturated carbocycles. The fourth-order valence-electron chi connectivity index (χ4n) is 3.42. The molecule has 2 aromatic rings. The maximum atomic E-state index is 12.4. The van der Waals surface area contributed by atoms with Crippen molar-refractivity contribution in [1.29, 1.82) is 0 Å². The molecule has 0 aliphatic carbocycles. The summed E-state index contributed by atoms with van der Waals surface area (Å²) in [5.41, 5.74) is 2.81. The van der Waals surface area contributed by atoms with Gasteiger partial charge >= 0.3 is 0 Å². The van der Waals surface area contributed by atoms with Gasteiger partial charge in [0.05, 0.1) is 12.1 Å². The summed E-state index contributed by atoms with van der Waals surface area (Å²) in [6.07, 6.45) is 0.312. The fraction of sp³-hybridized carbons (Fsp3) is 0.273. The summed E-state index contributed by atoms with van der Waals surface area (Å²) in [5, 5.41) is 8.38. The van der Waals surface area contributed by atoms with Gasteiger partial charge in [0.2, 0.25) is 0 Å². The zero-order valence-electron chi connectivity index (χ0n) is 16.6. The molecule has 0 radical (unpaired) electrons. The van der Waals surface area contributed by atoms with Gasteiger partial charge in [0.25, 0.3) is 17.7 Å². The molecule has 30 heavy (non-hydrogen) atoms. The number of hydrazone groups is 1. The van der Waals surface area contributed by atoms with Gasteiger partial charge in [0.15, 0.2) is 6.61 Å². The highest BCUT2D eigenvalue weighted by Gasteiger charge is 2.23. The minimum Gasteiger partial charge on any atom is -0.483 e. The van der Waals surface area contributed by atoms with Crippen LogP contribution in [0.25, 0.3) is 0 Å². The van der Waals surface area contributed by atoms with Crippen molar-refractivity contribution in [3.8, 4) is 5.75 Å². The number of ether oxygens (including phenoxy) is 1. The molecule has 2 heterocycles. The lowest BCUT2D eigenvalue weighted by molar-refractivity contribution is -0.133. The number of amides is 3. The molecule has 0 spiro atoms. The van der Waals surface area contributed by atoms with E-state index in [9.17, 15) is 14.4 Å². The molecule has 0 bridgehead atoms. The molecule has 3 amide bonds. The number of benzene rings is 2. The van der Waals surface area contributed by atoms with Gasteiger partial charge in [0, 0.05) is 36.5 Å². The molecule has 0 atom stereocenters. The number of carbonyl (C=O) groups is 3. The third-order valence-corrected chi connectivity index (χ3v) is 4.99. The third-order valence-electron chi connectivity index (χ3n) is 4.99. The van der Waals surface area contributed by atoms with Gasteiger partial charge < -0.3 is 15.0 Å². The van der Waals surface area contributed by atoms with Crippen LogP contribution in [0, 0.1) is 0 Å². The molecule has 154 valence electrons. The monoisotopic (exact) mass is 406 g/mol. The van der Waals surface area contributed by atoms with Crippen LogP contribution in [0.3, 0.4) is 0 Å². The van der Waals surface area contributed by atoms with Crippen molar-refractivity contribution in [2.45, 2.75) is 19.9 Å². The lowest BCUT2D eigenvalue weighted by Gasteiger charge is -2.20. The average Bonchev–Trinajstić information content (AvgIpc) is 3.00. The Labute approximate surface area is 174 Å². The van der Waals surface area contributed by atoms with E-state index < -0.39 is 0 Å². The van der Waals surface area contributed by atoms with Crippen molar-refractivity contribution < 1.29 is 19.1 Å². The Kier molecular flexibility index (Phi) is 5.47. The first-order valence-corrected chi connectivity index (χ1v) is 9.75. The van der Waals surface area contributed by atoms with Crippen LogP contribution in [0.15, 0.2) is 53.6 Å². The van der Waals surface area contributed by atoms with Crippen LogP contribution >= 0.6 is 0 Å². The molecule has 2 aliphatic rings. The van der Waals surface area contributed by atoms with Gasteiger partial charge in [-0.2, -0.15) is 5.10 Å². The highest BCUT2D eigenvalue weighted by atomic mass is 16.5. The van der Waals surface area contributed by atoms with Crippen molar-refractivity contribution >= 4 is 29.1 Å². The van der Waals surface area contributed by atoms with Gasteiger partial charge in [0.1, 0.15) is 5.75 Å². The van der Waals surface area contributed by atoms with Crippen molar-refractivity contribution in [2.75, 3.05) is 24.7 Å². The summed E-state index contributed by atoms with van der Waals surface area (Å²) in [4.78, 5) is 38.3. The number of rotatable bonds is 5. The molecular weight excluding hydrogens is 384 g/mol. The number of para-hydroxylation sites is 1. The number of hydrogen-bond acceptors (Lipinski definition) is 5. The van der Waals surface area contributed by atoms with Crippen LogP contribution in [0.5, 0.6) is 5.75 Å². The first-order chi connectivity index (χ1) is 14.5. The van der Waals surface area contributed by atoms with Crippen molar-refractivity contribution in [3.63, 3.8) is 0 Å². The average molecular weight is 406 g/mol. The van der Waals surface area contributed by atoms with Gasteiger partial charge in [-0.3, -0.25) is 14.4 Å². The van der Waals surface area contributed by atoms with Crippen molar-refractivity contribution in [3.05, 3.63) is 59.7 Å². The first kappa shape index (κ1) is 19.6. The number of carbonyl (C=O) groups excluding carboxylic acids is 3. The lowest BCUT2D eigenvalue weighted by atomic mass is 10.2. The second kappa shape index (κ2) is 8.36. The van der Waals surface area contributed by atoms with E-state index in [1.54, 1.807) is 36.1 Å². The quantitative estimate of drug-likeness (QED) is 0.822. The zero-order chi connectivity index (χ0) is 21.1. The van der Waals surface area contributed by atoms with Crippen LogP contribution < -0.4 is 15.1 Å². The number of nitrogens with one attached hydrogen (secondary N) is 1.